The van der Waals surface area contributed by atoms with Crippen LogP contribution in [0.5, 0.6) is 0 Å². The van der Waals surface area contributed by atoms with Crippen molar-refractivity contribution in [1.29, 1.82) is 0 Å². The Hall–Kier alpha value is -6.79. The van der Waals surface area contributed by atoms with Gasteiger partial charge in [-0.2, -0.15) is 18.3 Å². The van der Waals surface area contributed by atoms with Gasteiger partial charge in [0.15, 0.2) is 0 Å². The molecule has 0 spiro atoms. The summed E-state index contributed by atoms with van der Waals surface area (Å²) in [6, 6.07) is 12.7. The van der Waals surface area contributed by atoms with Crippen LogP contribution in [0, 0.1) is 11.6 Å². The van der Waals surface area contributed by atoms with Crippen molar-refractivity contribution in [2.45, 2.75) is 45.2 Å². The van der Waals surface area contributed by atoms with Gasteiger partial charge in [0.1, 0.15) is 17.3 Å². The monoisotopic (exact) mass is 1020 g/mol. The van der Waals surface area contributed by atoms with Crippen LogP contribution in [0.2, 0.25) is 0 Å². The molecule has 0 aliphatic carbocycles. The van der Waals surface area contributed by atoms with Gasteiger partial charge in [0.05, 0.1) is 59.6 Å². The summed E-state index contributed by atoms with van der Waals surface area (Å²) in [6.45, 7) is 2.80. The molecule has 0 N–H and O–H groups in total. The minimum Gasteiger partial charge on any atom is -0.753 e. The second-order valence-corrected chi connectivity index (χ2v) is 13.8. The molecular formula is C44H34F5N7O6RuS2. The summed E-state index contributed by atoms with van der Waals surface area (Å²) in [6.07, 6.45) is 11.9. The zero-order valence-electron chi connectivity index (χ0n) is 33.8. The van der Waals surface area contributed by atoms with Gasteiger partial charge in [-0.3, -0.25) is 29.3 Å². The number of alkyl halides is 3. The van der Waals surface area contributed by atoms with Gasteiger partial charge in [-0.25, -0.2) is 13.8 Å². The topological polar surface area (TPSA) is 180 Å². The third-order valence-corrected chi connectivity index (χ3v) is 9.47. The van der Waals surface area contributed by atoms with E-state index >= 15 is 0 Å². The number of hydrogen-bond donors (Lipinski definition) is 0. The van der Waals surface area contributed by atoms with Crippen molar-refractivity contribution >= 4 is 66.4 Å². The average molecular weight is 1020 g/mol. The summed E-state index contributed by atoms with van der Waals surface area (Å²) in [5.41, 5.74) is 3.51. The summed E-state index contributed by atoms with van der Waals surface area (Å²) in [4.78, 5) is 49.0. The molecule has 0 radical (unpaired) electrons. The summed E-state index contributed by atoms with van der Waals surface area (Å²) in [5.74, 6) is -1.33. The van der Waals surface area contributed by atoms with E-state index in [0.717, 1.165) is 60.5 Å². The van der Waals surface area contributed by atoms with Crippen LogP contribution in [0.1, 0.15) is 60.6 Å². The van der Waals surface area contributed by atoms with Gasteiger partial charge >= 0.3 is 25.7 Å². The van der Waals surface area contributed by atoms with Gasteiger partial charge in [-0.05, 0) is 102 Å². The molecule has 0 unspecified atom stereocenters. The van der Waals surface area contributed by atoms with E-state index in [4.69, 9.17) is 5.41 Å². The first kappa shape index (κ1) is 52.6. The molecule has 21 heteroatoms. The molecule has 0 atom stereocenters. The molecule has 0 amide bonds. The Morgan fingerprint density at radius 1 is 0.769 bits per heavy atom. The molecule has 0 aliphatic heterocycles. The maximum absolute atomic E-state index is 14.1. The van der Waals surface area contributed by atoms with Crippen LogP contribution in [-0.2, 0) is 60.7 Å². The zero-order chi connectivity index (χ0) is 46.3. The summed E-state index contributed by atoms with van der Waals surface area (Å²) >= 11 is 5.34. The molecule has 65 heavy (non-hydrogen) atoms. The van der Waals surface area contributed by atoms with Crippen molar-refractivity contribution in [3.05, 3.63) is 136 Å². The normalized spacial score (nSPS) is 10.9. The molecule has 6 heterocycles. The first-order valence-corrected chi connectivity index (χ1v) is 20.0. The first-order chi connectivity index (χ1) is 31.0. The number of thiocarbonyl (C=S) groups is 1. The second-order valence-electron chi connectivity index (χ2n) is 12.7. The van der Waals surface area contributed by atoms with Crippen molar-refractivity contribution in [2.24, 2.45) is 0 Å². The van der Waals surface area contributed by atoms with Gasteiger partial charge < -0.3 is 29.8 Å². The number of nitrogens with zero attached hydrogens (tertiary/aromatic N) is 7. The van der Waals surface area contributed by atoms with E-state index in [1.54, 1.807) is 35.7 Å². The van der Waals surface area contributed by atoms with E-state index in [-0.39, 0.29) is 78.5 Å². The van der Waals surface area contributed by atoms with Crippen LogP contribution in [0.15, 0.2) is 91.3 Å². The number of rotatable bonds is 18. The number of unbranched alkanes of at least 4 members (excludes halogenated alkanes) is 3. The number of isothiocyanates is 1. The Bertz CT molecular complexity index is 2550. The zero-order valence-corrected chi connectivity index (χ0v) is 37.2. The van der Waals surface area contributed by atoms with Crippen molar-refractivity contribution in [1.82, 2.24) is 30.1 Å². The van der Waals surface area contributed by atoms with E-state index in [9.17, 15) is 36.3 Å². The molecule has 0 fully saturated rings. The maximum Gasteiger partial charge on any atom is 2.00 e. The van der Waals surface area contributed by atoms with E-state index in [2.05, 4.69) is 74.9 Å². The predicted molar refractivity (Wildman–Crippen MR) is 232 cm³/mol. The third-order valence-electron chi connectivity index (χ3n) is 8.46. The first-order valence-electron chi connectivity index (χ1n) is 18.7. The van der Waals surface area contributed by atoms with Crippen LogP contribution in [0.3, 0.4) is 0 Å². The van der Waals surface area contributed by atoms with Crippen molar-refractivity contribution in [2.75, 3.05) is 0 Å². The molecule has 13 nitrogen and oxygen atoms in total. The number of carbonyl (C=O) groups is 3. The van der Waals surface area contributed by atoms with Crippen LogP contribution < -0.4 is 5.10 Å². The van der Waals surface area contributed by atoms with Crippen molar-refractivity contribution in [3.8, 4) is 44.6 Å². The summed E-state index contributed by atoms with van der Waals surface area (Å²) < 4.78 is 79.9. The minimum absolute atomic E-state index is 0. The van der Waals surface area contributed by atoms with Gasteiger partial charge in [0, 0.05) is 22.2 Å². The number of aromatic nitrogens is 6. The second kappa shape index (κ2) is 27.4. The number of thiophene rings is 1. The number of aryl methyl sites for hydroxylation is 1. The van der Waals surface area contributed by atoms with E-state index in [1.807, 2.05) is 6.07 Å². The maximum atomic E-state index is 14.1. The smallest absolute Gasteiger partial charge is 0.753 e. The molecule has 0 saturated heterocycles. The van der Waals surface area contributed by atoms with E-state index in [1.165, 1.54) is 60.3 Å². The molecule has 0 aliphatic rings. The van der Waals surface area contributed by atoms with Gasteiger partial charge in [0.2, 0.25) is 0 Å². The molecule has 0 aromatic carbocycles. The van der Waals surface area contributed by atoms with Gasteiger partial charge in [-0.15, -0.1) is 11.3 Å². The van der Waals surface area contributed by atoms with Gasteiger partial charge in [-0.1, -0.05) is 44.1 Å². The molecule has 336 valence electrons. The fourth-order valence-corrected chi connectivity index (χ4v) is 6.55. The van der Waals surface area contributed by atoms with Crippen LogP contribution in [0.25, 0.3) is 68.2 Å². The summed E-state index contributed by atoms with van der Waals surface area (Å²) in [7, 11) is 0. The van der Waals surface area contributed by atoms with Crippen LogP contribution >= 0.6 is 23.6 Å². The van der Waals surface area contributed by atoms with E-state index < -0.39 is 23.5 Å². The Labute approximate surface area is 390 Å². The molecule has 6 aromatic rings. The fourth-order valence-electron chi connectivity index (χ4n) is 5.59. The number of halogens is 5. The number of hydrogen-bond acceptors (Lipinski definition) is 13. The average Bonchev–Trinajstić information content (AvgIpc) is 3.99. The summed E-state index contributed by atoms with van der Waals surface area (Å²) in [5, 5.41) is 17.4. The molecular weight excluding hydrogens is 983 g/mol. The molecule has 6 aromatic heterocycles. The quantitative estimate of drug-likeness (QED) is 0.0116. The molecule has 0 bridgehead atoms. The number of carbonyl (C=O) groups excluding carboxylic acids is 3. The molecule has 6 rings (SSSR count). The van der Waals surface area contributed by atoms with Gasteiger partial charge in [0.25, 0.3) is 19.4 Å². The Balaban J connectivity index is 0.000000332. The standard InChI is InChI=1S/C24H15F2N3O6.C19H19F3N3S.CNS.Ru/c25-19-11-27-21(9-17(19)2-5-34-14-31)23-7-16(1-4-33-13-30)8-24(29-23)22-10-18(3-6-35-15-32)20(26)12-28-22;1-2-3-4-5-6-13-8-10-26-18(13)14-7-9-23-15(11-14)16-12-17(25-24-16)19(20,21)22;2-1-3;/h1-15H;7-12H,2-6H2,1H3;;/q;2*-1;+2/b4-1+,5-2+,6-3+;;;. The van der Waals surface area contributed by atoms with Crippen molar-refractivity contribution in [3.63, 3.8) is 0 Å². The SMILES string of the molecule is CCCCCCc1ccsc1-c1ccnc(-c2cc(C(F)(F)F)n[n-]2)c1.O=CO/C=C/c1cc(-c2cc(/C=C/OC=O)c(F)cn2)nc(-c2cc(/C=C/OC=O)c(F)cn2)c1.[N-]=C=S.[Ru+2]. The fraction of sp³-hybridized carbons (Fsp3) is 0.159. The Morgan fingerprint density at radius 2 is 1.34 bits per heavy atom. The Kier molecular flexibility index (Phi) is 22.2. The number of pyridine rings is 4. The largest absolute Gasteiger partial charge is 2.00 e. The predicted octanol–water partition coefficient (Wildman–Crippen LogP) is 10.5. The van der Waals surface area contributed by atoms with Crippen molar-refractivity contribution < 1.29 is 70.0 Å². The third kappa shape index (κ3) is 16.4. The molecule has 0 saturated carbocycles. The van der Waals surface area contributed by atoms with Crippen LogP contribution in [-0.4, -0.2) is 49.6 Å². The van der Waals surface area contributed by atoms with E-state index in [0.29, 0.717) is 11.3 Å². The number of ether oxygens (including phenoxy) is 3. The Morgan fingerprint density at radius 3 is 1.86 bits per heavy atom. The minimum atomic E-state index is -4.50. The van der Waals surface area contributed by atoms with Crippen LogP contribution in [0.4, 0.5) is 22.0 Å².